The molecule has 27 heavy (non-hydrogen) atoms. The van der Waals surface area contributed by atoms with Crippen molar-refractivity contribution in [2.75, 3.05) is 19.6 Å². The van der Waals surface area contributed by atoms with E-state index in [0.29, 0.717) is 30.9 Å². The number of ketones is 1. The molecule has 0 unspecified atom stereocenters. The Morgan fingerprint density at radius 2 is 2.04 bits per heavy atom. The smallest absolute Gasteiger partial charge is 0.526 e. The number of fused-ring (bicyclic) bond motifs is 1. The first-order valence-corrected chi connectivity index (χ1v) is 9.28. The molecule has 8 heteroatoms. The first kappa shape index (κ1) is 19.4. The van der Waals surface area contributed by atoms with Gasteiger partial charge in [-0.2, -0.15) is 5.26 Å². The Morgan fingerprint density at radius 1 is 1.30 bits per heavy atom. The molecule has 1 saturated heterocycles. The highest BCUT2D eigenvalue weighted by Crippen LogP contribution is 2.36. The van der Waals surface area contributed by atoms with Gasteiger partial charge in [-0.05, 0) is 49.9 Å². The molecule has 0 aliphatic carbocycles. The van der Waals surface area contributed by atoms with Gasteiger partial charge in [0.25, 0.3) is 0 Å². The quantitative estimate of drug-likeness (QED) is 0.580. The molecule has 7 nitrogen and oxygen atoms in total. The molecule has 2 aliphatic rings. The first-order chi connectivity index (χ1) is 13.0. The molecular formula is C19H23BN2O5. The third-order valence-corrected chi connectivity index (χ3v) is 5.46. The minimum atomic E-state index is -1.18. The highest BCUT2D eigenvalue weighted by Gasteiger charge is 2.38. The average Bonchev–Trinajstić information content (AvgIpc) is 2.63. The van der Waals surface area contributed by atoms with Gasteiger partial charge in [-0.15, -0.1) is 0 Å². The van der Waals surface area contributed by atoms with Crippen molar-refractivity contribution in [2.45, 2.75) is 37.9 Å². The average molecular weight is 370 g/mol. The Labute approximate surface area is 158 Å². The van der Waals surface area contributed by atoms with Crippen LogP contribution in [0.5, 0.6) is 5.75 Å². The number of carbonyl (C=O) groups is 2. The van der Waals surface area contributed by atoms with E-state index in [9.17, 15) is 19.7 Å². The predicted octanol–water partition coefficient (Wildman–Crippen LogP) is 1.76. The third-order valence-electron chi connectivity index (χ3n) is 5.46. The van der Waals surface area contributed by atoms with Crippen molar-refractivity contribution in [3.63, 3.8) is 0 Å². The number of hydrogen-bond donors (Lipinski definition) is 2. The number of nitriles is 1. The molecule has 2 heterocycles. The zero-order valence-corrected chi connectivity index (χ0v) is 15.1. The number of likely N-dealkylation sites (tertiary alicyclic amines) is 1. The lowest BCUT2D eigenvalue weighted by atomic mass is 9.64. The Morgan fingerprint density at radius 3 is 2.70 bits per heavy atom. The standard InChI is InChI=1S/C19H23BN2O5/c21-6-9-22-7-4-13(5-8-22)10-16(23)12-15-11-14-2-1-3-17(19(24)25)18(14)27-20(15)26/h1-3,13,15,26H,4-5,7-12H2,(H,24,25)/t15-/m1/s1. The van der Waals surface area contributed by atoms with Gasteiger partial charge in [0.1, 0.15) is 11.5 Å². The largest absolute Gasteiger partial charge is 0.535 e. The zero-order chi connectivity index (χ0) is 19.4. The van der Waals surface area contributed by atoms with E-state index in [1.807, 2.05) is 0 Å². The molecule has 1 fully saturated rings. The Kier molecular flexibility index (Phi) is 6.14. The number of carboxylic acids is 1. The lowest BCUT2D eigenvalue weighted by molar-refractivity contribution is -0.120. The molecule has 142 valence electrons. The number of piperidine rings is 1. The fraction of sp³-hybridized carbons (Fsp3) is 0.526. The maximum absolute atomic E-state index is 12.5. The summed E-state index contributed by atoms with van der Waals surface area (Å²) in [7, 11) is -1.18. The van der Waals surface area contributed by atoms with Crippen molar-refractivity contribution in [1.82, 2.24) is 4.90 Å². The van der Waals surface area contributed by atoms with E-state index in [1.54, 1.807) is 12.1 Å². The van der Waals surface area contributed by atoms with Crippen LogP contribution >= 0.6 is 0 Å². The van der Waals surface area contributed by atoms with Gasteiger partial charge in [-0.25, -0.2) is 4.79 Å². The second kappa shape index (κ2) is 8.55. The first-order valence-electron chi connectivity index (χ1n) is 9.28. The number of aromatic carboxylic acids is 1. The third kappa shape index (κ3) is 4.68. The van der Waals surface area contributed by atoms with E-state index in [1.165, 1.54) is 6.07 Å². The lowest BCUT2D eigenvalue weighted by Crippen LogP contribution is -2.37. The predicted molar refractivity (Wildman–Crippen MR) is 98.5 cm³/mol. The van der Waals surface area contributed by atoms with Crippen LogP contribution in [0.2, 0.25) is 5.82 Å². The van der Waals surface area contributed by atoms with Crippen molar-refractivity contribution in [3.05, 3.63) is 29.3 Å². The molecule has 2 aliphatic heterocycles. The Balaban J connectivity index is 1.56. The topological polar surface area (TPSA) is 111 Å². The second-order valence-corrected chi connectivity index (χ2v) is 7.40. The van der Waals surface area contributed by atoms with Crippen molar-refractivity contribution < 1.29 is 24.4 Å². The number of hydrogen-bond acceptors (Lipinski definition) is 6. The molecule has 0 amide bonds. The van der Waals surface area contributed by atoms with Gasteiger partial charge in [0.15, 0.2) is 0 Å². The summed E-state index contributed by atoms with van der Waals surface area (Å²) in [5, 5.41) is 28.2. The molecule has 2 N–H and O–H groups in total. The van der Waals surface area contributed by atoms with Crippen LogP contribution in [0.1, 0.15) is 41.6 Å². The van der Waals surface area contributed by atoms with Gasteiger partial charge < -0.3 is 14.8 Å². The van der Waals surface area contributed by atoms with Gasteiger partial charge in [0.05, 0.1) is 18.2 Å². The van der Waals surface area contributed by atoms with E-state index in [4.69, 9.17) is 9.92 Å². The molecule has 0 bridgehead atoms. The van der Waals surface area contributed by atoms with Crippen LogP contribution in [0.25, 0.3) is 0 Å². The number of rotatable bonds is 6. The summed E-state index contributed by atoms with van der Waals surface area (Å²) < 4.78 is 5.45. The summed E-state index contributed by atoms with van der Waals surface area (Å²) in [5.41, 5.74) is 0.739. The summed E-state index contributed by atoms with van der Waals surface area (Å²) >= 11 is 0. The number of carboxylic acid groups (broad SMARTS) is 1. The summed E-state index contributed by atoms with van der Waals surface area (Å²) in [6.07, 6.45) is 2.93. The normalized spacial score (nSPS) is 20.4. The van der Waals surface area contributed by atoms with Gasteiger partial charge in [-0.3, -0.25) is 9.69 Å². The monoisotopic (exact) mass is 370 g/mol. The van der Waals surface area contributed by atoms with Crippen LogP contribution in [-0.2, 0) is 11.2 Å². The maximum atomic E-state index is 12.5. The minimum absolute atomic E-state index is 0.0282. The molecule has 1 atom stereocenters. The molecule has 0 aromatic heterocycles. The van der Waals surface area contributed by atoms with Gasteiger partial charge in [-0.1, -0.05) is 12.1 Å². The van der Waals surface area contributed by atoms with Crippen molar-refractivity contribution in [1.29, 1.82) is 5.26 Å². The van der Waals surface area contributed by atoms with E-state index in [2.05, 4.69) is 11.0 Å². The maximum Gasteiger partial charge on any atom is 0.526 e. The molecule has 0 radical (unpaired) electrons. The fourth-order valence-corrected chi connectivity index (χ4v) is 3.97. The zero-order valence-electron chi connectivity index (χ0n) is 15.1. The van der Waals surface area contributed by atoms with E-state index in [-0.39, 0.29) is 29.3 Å². The second-order valence-electron chi connectivity index (χ2n) is 7.40. The van der Waals surface area contributed by atoms with Crippen LogP contribution in [0, 0.1) is 17.2 Å². The number of carbonyl (C=O) groups excluding carboxylic acids is 1. The molecule has 3 rings (SSSR count). The highest BCUT2D eigenvalue weighted by molar-refractivity contribution is 6.47. The van der Waals surface area contributed by atoms with E-state index < -0.39 is 13.1 Å². The number of para-hydroxylation sites is 1. The van der Waals surface area contributed by atoms with Crippen molar-refractivity contribution >= 4 is 18.9 Å². The SMILES string of the molecule is N#CCN1CCC(CC(=O)C[C@H]2Cc3cccc(C(=O)O)c3OB2O)CC1. The summed E-state index contributed by atoms with van der Waals surface area (Å²) in [6, 6.07) is 7.02. The molecule has 0 saturated carbocycles. The summed E-state index contributed by atoms with van der Waals surface area (Å²) in [6.45, 7) is 2.11. The highest BCUT2D eigenvalue weighted by atomic mass is 16.5. The van der Waals surface area contributed by atoms with Crippen LogP contribution in [0.4, 0.5) is 0 Å². The summed E-state index contributed by atoms with van der Waals surface area (Å²) in [5.74, 6) is -0.852. The Hall–Kier alpha value is -2.37. The van der Waals surface area contributed by atoms with Crippen LogP contribution in [-0.4, -0.2) is 53.5 Å². The molecule has 1 aromatic carbocycles. The van der Waals surface area contributed by atoms with E-state index in [0.717, 1.165) is 25.9 Å². The Bertz CT molecular complexity index is 755. The number of nitrogens with zero attached hydrogens (tertiary/aromatic N) is 2. The van der Waals surface area contributed by atoms with Gasteiger partial charge in [0.2, 0.25) is 0 Å². The number of Topliss-reactive ketones (excluding diaryl/α,β-unsaturated/α-hetero) is 1. The number of benzene rings is 1. The molecule has 1 aromatic rings. The summed E-state index contributed by atoms with van der Waals surface area (Å²) in [4.78, 5) is 25.9. The van der Waals surface area contributed by atoms with Crippen LogP contribution < -0.4 is 4.65 Å². The van der Waals surface area contributed by atoms with Gasteiger partial charge in [0, 0.05) is 18.7 Å². The van der Waals surface area contributed by atoms with Crippen molar-refractivity contribution in [2.24, 2.45) is 5.92 Å². The molecular weight excluding hydrogens is 347 g/mol. The van der Waals surface area contributed by atoms with Gasteiger partial charge >= 0.3 is 13.1 Å². The molecule has 0 spiro atoms. The van der Waals surface area contributed by atoms with Crippen molar-refractivity contribution in [3.8, 4) is 11.8 Å². The van der Waals surface area contributed by atoms with E-state index >= 15 is 0 Å². The van der Waals surface area contributed by atoms with Crippen LogP contribution in [0.3, 0.4) is 0 Å². The van der Waals surface area contributed by atoms with Crippen LogP contribution in [0.15, 0.2) is 18.2 Å². The lowest BCUT2D eigenvalue weighted by Gasteiger charge is -2.31. The fourth-order valence-electron chi connectivity index (χ4n) is 3.97. The minimum Gasteiger partial charge on any atom is -0.535 e.